The SMILES string of the molecule is COCC(=O)N(Cc1cc2ccc(OC)cc2[nH]c1=O)c1ccc(C)cc1C. The van der Waals surface area contributed by atoms with E-state index >= 15 is 0 Å². The monoisotopic (exact) mass is 380 g/mol. The zero-order valence-electron chi connectivity index (χ0n) is 16.5. The van der Waals surface area contributed by atoms with Gasteiger partial charge in [-0.15, -0.1) is 0 Å². The highest BCUT2D eigenvalue weighted by atomic mass is 16.5. The van der Waals surface area contributed by atoms with Crippen LogP contribution in [0.5, 0.6) is 5.75 Å². The second-order valence-corrected chi connectivity index (χ2v) is 6.78. The highest BCUT2D eigenvalue weighted by Gasteiger charge is 2.19. The van der Waals surface area contributed by atoms with Crippen molar-refractivity contribution in [3.05, 3.63) is 69.5 Å². The Hall–Kier alpha value is -3.12. The summed E-state index contributed by atoms with van der Waals surface area (Å²) in [5.74, 6) is 0.465. The number of carbonyl (C=O) groups excluding carboxylic acids is 1. The van der Waals surface area contributed by atoms with Gasteiger partial charge < -0.3 is 19.4 Å². The lowest BCUT2D eigenvalue weighted by Crippen LogP contribution is -2.35. The molecule has 0 atom stereocenters. The minimum Gasteiger partial charge on any atom is -0.497 e. The summed E-state index contributed by atoms with van der Waals surface area (Å²) in [7, 11) is 3.06. The molecule has 0 aliphatic carbocycles. The Morgan fingerprint density at radius 2 is 1.86 bits per heavy atom. The van der Waals surface area contributed by atoms with Crippen LogP contribution in [-0.4, -0.2) is 31.7 Å². The average molecular weight is 380 g/mol. The summed E-state index contributed by atoms with van der Waals surface area (Å²) in [5, 5.41) is 0.871. The zero-order chi connectivity index (χ0) is 20.3. The van der Waals surface area contributed by atoms with Crippen molar-refractivity contribution < 1.29 is 14.3 Å². The third-order valence-electron chi connectivity index (χ3n) is 4.67. The van der Waals surface area contributed by atoms with E-state index in [0.29, 0.717) is 16.8 Å². The van der Waals surface area contributed by atoms with Crippen LogP contribution in [0.3, 0.4) is 0 Å². The molecule has 3 rings (SSSR count). The van der Waals surface area contributed by atoms with Gasteiger partial charge in [0.2, 0.25) is 0 Å². The number of hydrogen-bond acceptors (Lipinski definition) is 4. The molecule has 0 aliphatic heterocycles. The lowest BCUT2D eigenvalue weighted by Gasteiger charge is -2.24. The molecule has 1 amide bonds. The maximum Gasteiger partial charge on any atom is 0.253 e. The van der Waals surface area contributed by atoms with Crippen molar-refractivity contribution in [1.29, 1.82) is 0 Å². The van der Waals surface area contributed by atoms with Crippen molar-refractivity contribution >= 4 is 22.5 Å². The van der Waals surface area contributed by atoms with E-state index in [1.165, 1.54) is 7.11 Å². The van der Waals surface area contributed by atoms with Crippen molar-refractivity contribution in [3.63, 3.8) is 0 Å². The molecule has 0 saturated heterocycles. The number of H-pyrrole nitrogens is 1. The third-order valence-corrected chi connectivity index (χ3v) is 4.67. The minimum absolute atomic E-state index is 0.0595. The molecule has 0 unspecified atom stereocenters. The summed E-state index contributed by atoms with van der Waals surface area (Å²) in [4.78, 5) is 29.8. The normalized spacial score (nSPS) is 10.9. The van der Waals surface area contributed by atoms with Gasteiger partial charge in [0.15, 0.2) is 0 Å². The van der Waals surface area contributed by atoms with Gasteiger partial charge in [0, 0.05) is 24.4 Å². The summed E-state index contributed by atoms with van der Waals surface area (Å²) in [5.41, 5.74) is 3.79. The smallest absolute Gasteiger partial charge is 0.253 e. The number of nitrogens with zero attached hydrogens (tertiary/aromatic N) is 1. The van der Waals surface area contributed by atoms with E-state index in [0.717, 1.165) is 22.2 Å². The van der Waals surface area contributed by atoms with Gasteiger partial charge in [-0.1, -0.05) is 17.7 Å². The number of methoxy groups -OCH3 is 2. The molecule has 146 valence electrons. The molecule has 0 bridgehead atoms. The number of aryl methyl sites for hydroxylation is 2. The van der Waals surface area contributed by atoms with Gasteiger partial charge in [0.25, 0.3) is 11.5 Å². The van der Waals surface area contributed by atoms with Gasteiger partial charge >= 0.3 is 0 Å². The van der Waals surface area contributed by atoms with Crippen LogP contribution >= 0.6 is 0 Å². The van der Waals surface area contributed by atoms with Crippen LogP contribution in [0.4, 0.5) is 5.69 Å². The number of hydrogen-bond donors (Lipinski definition) is 1. The lowest BCUT2D eigenvalue weighted by atomic mass is 10.1. The fourth-order valence-corrected chi connectivity index (χ4v) is 3.26. The number of carbonyl (C=O) groups is 1. The molecule has 1 heterocycles. The molecule has 0 fully saturated rings. The topological polar surface area (TPSA) is 71.6 Å². The van der Waals surface area contributed by atoms with Crippen LogP contribution in [0.15, 0.2) is 47.3 Å². The maximum atomic E-state index is 12.7. The van der Waals surface area contributed by atoms with Gasteiger partial charge in [0.1, 0.15) is 12.4 Å². The van der Waals surface area contributed by atoms with Crippen molar-refractivity contribution in [3.8, 4) is 5.75 Å². The number of benzene rings is 2. The molecule has 1 aromatic heterocycles. The molecular formula is C22H24N2O4. The van der Waals surface area contributed by atoms with Crippen molar-refractivity contribution in [2.75, 3.05) is 25.7 Å². The molecule has 2 aromatic carbocycles. The quantitative estimate of drug-likeness (QED) is 0.712. The number of anilines is 1. The van der Waals surface area contributed by atoms with E-state index in [1.807, 2.05) is 50.2 Å². The van der Waals surface area contributed by atoms with Crippen LogP contribution in [0.1, 0.15) is 16.7 Å². The first kappa shape index (κ1) is 19.6. The first-order valence-corrected chi connectivity index (χ1v) is 8.99. The fourth-order valence-electron chi connectivity index (χ4n) is 3.26. The van der Waals surface area contributed by atoms with Crippen LogP contribution in [0, 0.1) is 13.8 Å². The Balaban J connectivity index is 2.03. The molecule has 28 heavy (non-hydrogen) atoms. The van der Waals surface area contributed by atoms with Gasteiger partial charge in [-0.05, 0) is 49.1 Å². The van der Waals surface area contributed by atoms with Gasteiger partial charge in [-0.2, -0.15) is 0 Å². The second-order valence-electron chi connectivity index (χ2n) is 6.78. The molecule has 0 radical (unpaired) electrons. The summed E-state index contributed by atoms with van der Waals surface area (Å²) in [6.45, 7) is 4.05. The summed E-state index contributed by atoms with van der Waals surface area (Å²) in [6, 6.07) is 13.2. The number of pyridine rings is 1. The van der Waals surface area contributed by atoms with E-state index in [9.17, 15) is 9.59 Å². The van der Waals surface area contributed by atoms with Crippen molar-refractivity contribution in [1.82, 2.24) is 4.98 Å². The van der Waals surface area contributed by atoms with E-state index in [4.69, 9.17) is 9.47 Å². The van der Waals surface area contributed by atoms with Crippen LogP contribution < -0.4 is 15.2 Å². The predicted molar refractivity (Wildman–Crippen MR) is 110 cm³/mol. The number of aromatic amines is 1. The number of nitrogens with one attached hydrogen (secondary N) is 1. The molecule has 6 nitrogen and oxygen atoms in total. The Morgan fingerprint density at radius 1 is 1.07 bits per heavy atom. The molecule has 6 heteroatoms. The van der Waals surface area contributed by atoms with Crippen LogP contribution in [0.25, 0.3) is 10.9 Å². The Kier molecular flexibility index (Phi) is 5.80. The molecule has 0 saturated carbocycles. The van der Waals surface area contributed by atoms with Crippen molar-refractivity contribution in [2.45, 2.75) is 20.4 Å². The number of aromatic nitrogens is 1. The van der Waals surface area contributed by atoms with Gasteiger partial charge in [-0.25, -0.2) is 0 Å². The van der Waals surface area contributed by atoms with E-state index in [1.54, 1.807) is 18.1 Å². The molecule has 0 spiro atoms. The van der Waals surface area contributed by atoms with Crippen molar-refractivity contribution in [2.24, 2.45) is 0 Å². The van der Waals surface area contributed by atoms with Crippen LogP contribution in [-0.2, 0) is 16.1 Å². The van der Waals surface area contributed by atoms with E-state index in [-0.39, 0.29) is 24.6 Å². The van der Waals surface area contributed by atoms with E-state index < -0.39 is 0 Å². The zero-order valence-corrected chi connectivity index (χ0v) is 16.5. The molecule has 1 N–H and O–H groups in total. The lowest BCUT2D eigenvalue weighted by molar-refractivity contribution is -0.122. The standard InChI is InChI=1S/C22H24N2O4/c1-14-5-8-20(15(2)9-14)24(21(25)13-27-3)12-17-10-16-6-7-18(28-4)11-19(16)23-22(17)26/h5-11H,12-13H2,1-4H3,(H,23,26). The predicted octanol–water partition coefficient (Wildman–Crippen LogP) is 3.33. The summed E-state index contributed by atoms with van der Waals surface area (Å²) >= 11 is 0. The third kappa shape index (κ3) is 4.07. The Morgan fingerprint density at radius 3 is 2.54 bits per heavy atom. The molecular weight excluding hydrogens is 356 g/mol. The summed E-state index contributed by atoms with van der Waals surface area (Å²) in [6.07, 6.45) is 0. The molecule has 3 aromatic rings. The van der Waals surface area contributed by atoms with Crippen LogP contribution in [0.2, 0.25) is 0 Å². The highest BCUT2D eigenvalue weighted by Crippen LogP contribution is 2.24. The first-order valence-electron chi connectivity index (χ1n) is 8.99. The number of ether oxygens (including phenoxy) is 2. The molecule has 0 aliphatic rings. The summed E-state index contributed by atoms with van der Waals surface area (Å²) < 4.78 is 10.2. The van der Waals surface area contributed by atoms with Gasteiger partial charge in [-0.3, -0.25) is 9.59 Å². The number of amides is 1. The number of fused-ring (bicyclic) bond motifs is 1. The first-order chi connectivity index (χ1) is 13.4. The average Bonchev–Trinajstić information content (AvgIpc) is 2.66. The van der Waals surface area contributed by atoms with E-state index in [2.05, 4.69) is 4.98 Å². The maximum absolute atomic E-state index is 12.7. The Bertz CT molecular complexity index is 1070. The largest absolute Gasteiger partial charge is 0.497 e. The minimum atomic E-state index is -0.235. The second kappa shape index (κ2) is 8.27. The number of rotatable bonds is 6. The highest BCUT2D eigenvalue weighted by molar-refractivity contribution is 5.95. The van der Waals surface area contributed by atoms with Gasteiger partial charge in [0.05, 0.1) is 19.2 Å². The Labute approximate surface area is 163 Å². The fraction of sp³-hybridized carbons (Fsp3) is 0.273.